The van der Waals surface area contributed by atoms with E-state index in [2.05, 4.69) is 78.3 Å². The molecule has 0 spiro atoms. The minimum Gasteiger partial charge on any atom is -0.0617 e. The van der Waals surface area contributed by atoms with Crippen LogP contribution in [0.15, 0.2) is 52.5 Å². The zero-order valence-corrected chi connectivity index (χ0v) is 12.2. The minimum atomic E-state index is 0.414. The highest BCUT2D eigenvalue weighted by Crippen LogP contribution is 2.43. The molecule has 0 saturated heterocycles. The Kier molecular flexibility index (Phi) is 2.87. The van der Waals surface area contributed by atoms with Gasteiger partial charge in [0.25, 0.3) is 0 Å². The molecule has 0 N–H and O–H groups in total. The number of benzene rings is 2. The summed E-state index contributed by atoms with van der Waals surface area (Å²) in [5.41, 5.74) is 6.88. The van der Waals surface area contributed by atoms with Crippen LogP contribution in [0.25, 0.3) is 6.08 Å². The van der Waals surface area contributed by atoms with Crippen molar-refractivity contribution in [2.24, 2.45) is 0 Å². The van der Waals surface area contributed by atoms with Gasteiger partial charge in [0.05, 0.1) is 0 Å². The Hall–Kier alpha value is -1.34. The predicted molar refractivity (Wildman–Crippen MR) is 80.8 cm³/mol. The van der Waals surface area contributed by atoms with Crippen molar-refractivity contribution in [3.8, 4) is 0 Å². The van der Waals surface area contributed by atoms with Crippen LogP contribution in [0, 0.1) is 6.92 Å². The highest BCUT2D eigenvalue weighted by molar-refractivity contribution is 9.10. The molecule has 0 bridgehead atoms. The van der Waals surface area contributed by atoms with Gasteiger partial charge in [-0.1, -0.05) is 69.5 Å². The van der Waals surface area contributed by atoms with Crippen molar-refractivity contribution in [1.29, 1.82) is 0 Å². The Labute approximate surface area is 116 Å². The van der Waals surface area contributed by atoms with Gasteiger partial charge in [-0.3, -0.25) is 0 Å². The van der Waals surface area contributed by atoms with Crippen LogP contribution in [0.4, 0.5) is 0 Å². The van der Waals surface area contributed by atoms with Crippen molar-refractivity contribution < 1.29 is 0 Å². The van der Waals surface area contributed by atoms with Gasteiger partial charge in [0.1, 0.15) is 0 Å². The molecule has 3 rings (SSSR count). The molecule has 1 aliphatic rings. The molecule has 0 amide bonds. The quantitative estimate of drug-likeness (QED) is 0.669. The molecule has 1 heteroatoms. The Morgan fingerprint density at radius 1 is 1.00 bits per heavy atom. The van der Waals surface area contributed by atoms with Crippen molar-refractivity contribution in [3.05, 3.63) is 74.8 Å². The highest BCUT2D eigenvalue weighted by Gasteiger charge is 2.25. The first kappa shape index (κ1) is 11.7. The average molecular weight is 299 g/mol. The first-order chi connectivity index (χ1) is 8.66. The number of fused-ring (bicyclic) bond motifs is 1. The summed E-state index contributed by atoms with van der Waals surface area (Å²) in [6.07, 6.45) is 2.30. The smallest absolute Gasteiger partial charge is 0.0305 e. The van der Waals surface area contributed by atoms with Gasteiger partial charge in [0.2, 0.25) is 0 Å². The van der Waals surface area contributed by atoms with Crippen molar-refractivity contribution in [2.75, 3.05) is 0 Å². The van der Waals surface area contributed by atoms with E-state index in [-0.39, 0.29) is 0 Å². The molecule has 0 fully saturated rings. The fraction of sp³-hybridized carbons (Fsp3) is 0.176. The van der Waals surface area contributed by atoms with Crippen molar-refractivity contribution >= 4 is 22.0 Å². The van der Waals surface area contributed by atoms with E-state index in [4.69, 9.17) is 0 Å². The third kappa shape index (κ3) is 1.83. The van der Waals surface area contributed by atoms with Crippen molar-refractivity contribution in [2.45, 2.75) is 19.8 Å². The van der Waals surface area contributed by atoms with Crippen LogP contribution in [0.1, 0.15) is 35.1 Å². The minimum absolute atomic E-state index is 0.414. The molecule has 2 aromatic carbocycles. The molecule has 0 radical (unpaired) electrons. The molecule has 2 aromatic rings. The number of halogens is 1. The Balaban J connectivity index is 2.16. The van der Waals surface area contributed by atoms with Gasteiger partial charge in [-0.15, -0.1) is 0 Å². The van der Waals surface area contributed by atoms with Crippen LogP contribution in [0.2, 0.25) is 0 Å². The summed E-state index contributed by atoms with van der Waals surface area (Å²) in [4.78, 5) is 0. The van der Waals surface area contributed by atoms with E-state index in [1.165, 1.54) is 32.3 Å². The number of aryl methyl sites for hydroxylation is 1. The standard InChI is InChI=1S/C17H15Br/c1-11-5-3-6-13(9-11)17-12(2)10-15-14(17)7-4-8-16(15)18/h3-10,17H,1-2H3. The number of allylic oxidation sites excluding steroid dienone is 1. The molecular formula is C17H15Br. The van der Waals surface area contributed by atoms with E-state index in [0.29, 0.717) is 5.92 Å². The van der Waals surface area contributed by atoms with E-state index >= 15 is 0 Å². The summed E-state index contributed by atoms with van der Waals surface area (Å²) >= 11 is 3.64. The largest absolute Gasteiger partial charge is 0.0617 e. The van der Waals surface area contributed by atoms with Gasteiger partial charge in [-0.25, -0.2) is 0 Å². The molecule has 1 aliphatic carbocycles. The molecule has 1 atom stereocenters. The van der Waals surface area contributed by atoms with Gasteiger partial charge in [0.15, 0.2) is 0 Å². The first-order valence-electron chi connectivity index (χ1n) is 6.20. The van der Waals surface area contributed by atoms with Crippen LogP contribution in [-0.4, -0.2) is 0 Å². The lowest BCUT2D eigenvalue weighted by atomic mass is 9.88. The summed E-state index contributed by atoms with van der Waals surface area (Å²) in [7, 11) is 0. The third-order valence-corrected chi connectivity index (χ3v) is 4.29. The van der Waals surface area contributed by atoms with Crippen molar-refractivity contribution in [3.63, 3.8) is 0 Å². The molecule has 0 saturated carbocycles. The summed E-state index contributed by atoms with van der Waals surface area (Å²) in [6, 6.07) is 15.3. The Morgan fingerprint density at radius 2 is 1.78 bits per heavy atom. The van der Waals surface area contributed by atoms with E-state index in [9.17, 15) is 0 Å². The van der Waals surface area contributed by atoms with E-state index in [1.54, 1.807) is 0 Å². The first-order valence-corrected chi connectivity index (χ1v) is 6.99. The maximum atomic E-state index is 3.64. The predicted octanol–water partition coefficient (Wildman–Crippen LogP) is 5.31. The lowest BCUT2D eigenvalue weighted by molar-refractivity contribution is 0.973. The Morgan fingerprint density at radius 3 is 2.56 bits per heavy atom. The van der Waals surface area contributed by atoms with Crippen LogP contribution in [0.5, 0.6) is 0 Å². The monoisotopic (exact) mass is 298 g/mol. The van der Waals surface area contributed by atoms with E-state index in [0.717, 1.165) is 0 Å². The number of hydrogen-bond donors (Lipinski definition) is 0. The van der Waals surface area contributed by atoms with Crippen LogP contribution >= 0.6 is 15.9 Å². The number of hydrogen-bond acceptors (Lipinski definition) is 0. The fourth-order valence-corrected chi connectivity index (χ4v) is 3.30. The van der Waals surface area contributed by atoms with Gasteiger partial charge in [0, 0.05) is 10.4 Å². The molecule has 0 aromatic heterocycles. The van der Waals surface area contributed by atoms with Gasteiger partial charge < -0.3 is 0 Å². The number of rotatable bonds is 1. The molecule has 0 heterocycles. The molecule has 90 valence electrons. The van der Waals surface area contributed by atoms with Crippen LogP contribution < -0.4 is 0 Å². The summed E-state index contributed by atoms with van der Waals surface area (Å²) in [5, 5.41) is 0. The van der Waals surface area contributed by atoms with Crippen molar-refractivity contribution in [1.82, 2.24) is 0 Å². The topological polar surface area (TPSA) is 0 Å². The molecule has 18 heavy (non-hydrogen) atoms. The second kappa shape index (κ2) is 4.40. The van der Waals surface area contributed by atoms with E-state index < -0.39 is 0 Å². The maximum absolute atomic E-state index is 3.64. The zero-order chi connectivity index (χ0) is 12.7. The van der Waals surface area contributed by atoms with Gasteiger partial charge in [-0.2, -0.15) is 0 Å². The second-order valence-electron chi connectivity index (χ2n) is 4.98. The molecular weight excluding hydrogens is 284 g/mol. The van der Waals surface area contributed by atoms with Crippen LogP contribution in [0.3, 0.4) is 0 Å². The normalized spacial score (nSPS) is 17.5. The zero-order valence-electron chi connectivity index (χ0n) is 10.6. The van der Waals surface area contributed by atoms with Crippen LogP contribution in [-0.2, 0) is 0 Å². The molecule has 1 unspecified atom stereocenters. The molecule has 0 nitrogen and oxygen atoms in total. The third-order valence-electron chi connectivity index (χ3n) is 3.60. The lowest BCUT2D eigenvalue weighted by Crippen LogP contribution is -1.99. The summed E-state index contributed by atoms with van der Waals surface area (Å²) in [5.74, 6) is 0.414. The summed E-state index contributed by atoms with van der Waals surface area (Å²) in [6.45, 7) is 4.37. The highest BCUT2D eigenvalue weighted by atomic mass is 79.9. The maximum Gasteiger partial charge on any atom is 0.0305 e. The SMILES string of the molecule is CC1=Cc2c(Br)cccc2C1c1cccc(C)c1. The second-order valence-corrected chi connectivity index (χ2v) is 5.83. The fourth-order valence-electron chi connectivity index (χ4n) is 2.81. The Bertz CT molecular complexity index is 638. The summed E-state index contributed by atoms with van der Waals surface area (Å²) < 4.78 is 1.19. The van der Waals surface area contributed by atoms with Gasteiger partial charge in [-0.05, 0) is 36.6 Å². The van der Waals surface area contributed by atoms with Gasteiger partial charge >= 0.3 is 0 Å². The average Bonchev–Trinajstić information content (AvgIpc) is 2.67. The van der Waals surface area contributed by atoms with E-state index in [1.807, 2.05) is 0 Å². The molecule has 0 aliphatic heterocycles. The lowest BCUT2D eigenvalue weighted by Gasteiger charge is -2.16.